The van der Waals surface area contributed by atoms with Crippen LogP contribution >= 0.6 is 11.6 Å². The van der Waals surface area contributed by atoms with Crippen LogP contribution in [0.2, 0.25) is 5.02 Å². The minimum Gasteiger partial charge on any atom is -0.478 e. The van der Waals surface area contributed by atoms with Gasteiger partial charge in [-0.15, -0.1) is 0 Å². The van der Waals surface area contributed by atoms with Gasteiger partial charge in [-0.3, -0.25) is 0 Å². The Kier molecular flexibility index (Phi) is 3.72. The number of rotatable bonds is 3. The third kappa shape index (κ3) is 3.36. The van der Waals surface area contributed by atoms with Crippen molar-refractivity contribution in [2.75, 3.05) is 6.26 Å². The summed E-state index contributed by atoms with van der Waals surface area (Å²) >= 11 is 5.77. The van der Waals surface area contributed by atoms with Crippen LogP contribution in [0.25, 0.3) is 6.08 Å². The van der Waals surface area contributed by atoms with Gasteiger partial charge in [0.1, 0.15) is 0 Å². The molecule has 0 atom stereocenters. The number of aliphatic carboxylic acids is 1. The fourth-order valence-corrected chi connectivity index (χ4v) is 2.43. The van der Waals surface area contributed by atoms with Gasteiger partial charge in [0.05, 0.1) is 9.92 Å². The van der Waals surface area contributed by atoms with Gasteiger partial charge in [-0.2, -0.15) is 0 Å². The molecule has 0 fully saturated rings. The molecule has 0 aliphatic rings. The molecule has 0 unspecified atom stereocenters. The summed E-state index contributed by atoms with van der Waals surface area (Å²) in [6.07, 6.45) is 3.34. The number of benzene rings is 1. The molecule has 0 bridgehead atoms. The topological polar surface area (TPSA) is 71.4 Å². The van der Waals surface area contributed by atoms with E-state index in [2.05, 4.69) is 0 Å². The molecule has 0 saturated heterocycles. The molecule has 4 nitrogen and oxygen atoms in total. The van der Waals surface area contributed by atoms with Gasteiger partial charge in [-0.25, -0.2) is 13.2 Å². The van der Waals surface area contributed by atoms with Crippen molar-refractivity contribution >= 4 is 33.5 Å². The maximum Gasteiger partial charge on any atom is 0.328 e. The molecule has 86 valence electrons. The molecule has 1 rings (SSSR count). The van der Waals surface area contributed by atoms with Crippen LogP contribution < -0.4 is 0 Å². The molecule has 6 heteroatoms. The van der Waals surface area contributed by atoms with E-state index in [9.17, 15) is 13.2 Å². The SMILES string of the molecule is CS(=O)(=O)c1ccc(/C=C/C(=O)O)cc1Cl. The molecule has 0 heterocycles. The van der Waals surface area contributed by atoms with Crippen LogP contribution in [0, 0.1) is 0 Å². The predicted molar refractivity (Wildman–Crippen MR) is 61.2 cm³/mol. The van der Waals surface area contributed by atoms with Gasteiger partial charge in [0, 0.05) is 12.3 Å². The summed E-state index contributed by atoms with van der Waals surface area (Å²) in [4.78, 5) is 10.3. The summed E-state index contributed by atoms with van der Waals surface area (Å²) in [5, 5.41) is 8.49. The normalized spacial score (nSPS) is 11.9. The Labute approximate surface area is 98.1 Å². The van der Waals surface area contributed by atoms with E-state index in [4.69, 9.17) is 16.7 Å². The second-order valence-electron chi connectivity index (χ2n) is 3.13. The second-order valence-corrected chi connectivity index (χ2v) is 5.52. The zero-order chi connectivity index (χ0) is 12.3. The molecule has 16 heavy (non-hydrogen) atoms. The minimum absolute atomic E-state index is 0.0293. The first kappa shape index (κ1) is 12.7. The fourth-order valence-electron chi connectivity index (χ4n) is 1.09. The number of hydrogen-bond acceptors (Lipinski definition) is 3. The lowest BCUT2D eigenvalue weighted by Gasteiger charge is -2.02. The summed E-state index contributed by atoms with van der Waals surface area (Å²) in [7, 11) is -3.35. The summed E-state index contributed by atoms with van der Waals surface area (Å²) in [5.41, 5.74) is 0.528. The molecule has 0 aromatic heterocycles. The van der Waals surface area contributed by atoms with Gasteiger partial charge in [0.2, 0.25) is 0 Å². The smallest absolute Gasteiger partial charge is 0.328 e. The van der Waals surface area contributed by atoms with Crippen LogP contribution in [0.3, 0.4) is 0 Å². The molecule has 1 N–H and O–H groups in total. The van der Waals surface area contributed by atoms with Gasteiger partial charge >= 0.3 is 5.97 Å². The van der Waals surface area contributed by atoms with Gasteiger partial charge in [0.25, 0.3) is 0 Å². The third-order valence-corrected chi connectivity index (χ3v) is 3.35. The number of sulfone groups is 1. The summed E-state index contributed by atoms with van der Waals surface area (Å²) < 4.78 is 22.5. The number of hydrogen-bond donors (Lipinski definition) is 1. The van der Waals surface area contributed by atoms with Gasteiger partial charge < -0.3 is 5.11 Å². The van der Waals surface area contributed by atoms with Crippen molar-refractivity contribution in [1.29, 1.82) is 0 Å². The molecular formula is C10H9ClO4S. The van der Waals surface area contributed by atoms with Gasteiger partial charge in [-0.05, 0) is 23.8 Å². The van der Waals surface area contributed by atoms with Crippen LogP contribution in [0.1, 0.15) is 5.56 Å². The lowest BCUT2D eigenvalue weighted by molar-refractivity contribution is -0.131. The highest BCUT2D eigenvalue weighted by Gasteiger charge is 2.11. The van der Waals surface area contributed by atoms with E-state index in [0.29, 0.717) is 5.56 Å². The Morgan fingerprint density at radius 2 is 2.06 bits per heavy atom. The molecular weight excluding hydrogens is 252 g/mol. The van der Waals surface area contributed by atoms with Crippen LogP contribution in [0.5, 0.6) is 0 Å². The van der Waals surface area contributed by atoms with Crippen LogP contribution in [-0.2, 0) is 14.6 Å². The molecule has 1 aromatic rings. The lowest BCUT2D eigenvalue weighted by atomic mass is 10.2. The summed E-state index contributed by atoms with van der Waals surface area (Å²) in [5.74, 6) is -1.08. The summed E-state index contributed by atoms with van der Waals surface area (Å²) in [6.45, 7) is 0. The van der Waals surface area contributed by atoms with Crippen molar-refractivity contribution in [3.63, 3.8) is 0 Å². The first-order chi connectivity index (χ1) is 7.30. The lowest BCUT2D eigenvalue weighted by Crippen LogP contribution is -1.98. The number of carboxylic acid groups (broad SMARTS) is 1. The second kappa shape index (κ2) is 4.67. The molecule has 1 aromatic carbocycles. The maximum atomic E-state index is 11.2. The number of halogens is 1. The van der Waals surface area contributed by atoms with Gasteiger partial charge in [-0.1, -0.05) is 17.7 Å². The Morgan fingerprint density at radius 3 is 2.50 bits per heavy atom. The van der Waals surface area contributed by atoms with Crippen molar-refractivity contribution < 1.29 is 18.3 Å². The molecule has 0 spiro atoms. The monoisotopic (exact) mass is 260 g/mol. The Morgan fingerprint density at radius 1 is 1.44 bits per heavy atom. The van der Waals surface area contributed by atoms with Crippen LogP contribution in [0.15, 0.2) is 29.2 Å². The predicted octanol–water partition coefficient (Wildman–Crippen LogP) is 1.84. The quantitative estimate of drug-likeness (QED) is 0.842. The van der Waals surface area contributed by atoms with Crippen molar-refractivity contribution in [2.45, 2.75) is 4.90 Å². The van der Waals surface area contributed by atoms with E-state index in [-0.39, 0.29) is 9.92 Å². The standard InChI is InChI=1S/C10H9ClO4S/c1-16(14,15)9-4-2-7(6-8(9)11)3-5-10(12)13/h2-6H,1H3,(H,12,13)/b5-3+. The highest BCUT2D eigenvalue weighted by molar-refractivity contribution is 7.90. The van der Waals surface area contributed by atoms with E-state index < -0.39 is 15.8 Å². The first-order valence-electron chi connectivity index (χ1n) is 4.21. The van der Waals surface area contributed by atoms with Crippen molar-refractivity contribution in [3.8, 4) is 0 Å². The average Bonchev–Trinajstić information content (AvgIpc) is 2.12. The first-order valence-corrected chi connectivity index (χ1v) is 6.48. The number of carboxylic acids is 1. The largest absolute Gasteiger partial charge is 0.478 e. The van der Waals surface area contributed by atoms with E-state index in [0.717, 1.165) is 12.3 Å². The highest BCUT2D eigenvalue weighted by atomic mass is 35.5. The third-order valence-electron chi connectivity index (χ3n) is 1.77. The van der Waals surface area contributed by atoms with Crippen LogP contribution in [0.4, 0.5) is 0 Å². The Hall–Kier alpha value is -1.33. The van der Waals surface area contributed by atoms with Crippen LogP contribution in [-0.4, -0.2) is 25.7 Å². The molecule has 0 aliphatic heterocycles. The zero-order valence-electron chi connectivity index (χ0n) is 8.34. The minimum atomic E-state index is -3.35. The zero-order valence-corrected chi connectivity index (χ0v) is 9.92. The number of carbonyl (C=O) groups is 1. The van der Waals surface area contributed by atoms with E-state index in [1.807, 2.05) is 0 Å². The van der Waals surface area contributed by atoms with Gasteiger partial charge in [0.15, 0.2) is 9.84 Å². The van der Waals surface area contributed by atoms with E-state index in [1.165, 1.54) is 24.3 Å². The Bertz CT molecular complexity index is 546. The van der Waals surface area contributed by atoms with Crippen molar-refractivity contribution in [2.24, 2.45) is 0 Å². The molecule has 0 amide bonds. The van der Waals surface area contributed by atoms with E-state index >= 15 is 0 Å². The Balaban J connectivity index is 3.15. The average molecular weight is 261 g/mol. The fraction of sp³-hybridized carbons (Fsp3) is 0.100. The highest BCUT2D eigenvalue weighted by Crippen LogP contribution is 2.23. The summed E-state index contributed by atoms with van der Waals surface area (Å²) in [6, 6.07) is 4.23. The molecule has 0 saturated carbocycles. The molecule has 0 aliphatic carbocycles. The molecule has 0 radical (unpaired) electrons. The van der Waals surface area contributed by atoms with Crippen molar-refractivity contribution in [3.05, 3.63) is 34.9 Å². The van der Waals surface area contributed by atoms with Crippen molar-refractivity contribution in [1.82, 2.24) is 0 Å². The maximum absolute atomic E-state index is 11.2. The van der Waals surface area contributed by atoms with E-state index in [1.54, 1.807) is 0 Å².